The van der Waals surface area contributed by atoms with Crippen molar-refractivity contribution in [2.45, 2.75) is 25.8 Å². The van der Waals surface area contributed by atoms with Gasteiger partial charge in [-0.15, -0.1) is 0 Å². The van der Waals surface area contributed by atoms with Crippen LogP contribution < -0.4 is 5.73 Å². The standard InChI is InChI=1S/C8H14N2OS2/c1-8(2,9)3-4-10-6(11)5-13-7(10)12/h3-5,9H2,1-2H3. The second kappa shape index (κ2) is 3.94. The summed E-state index contributed by atoms with van der Waals surface area (Å²) < 4.78 is 0.689. The van der Waals surface area contributed by atoms with Crippen molar-refractivity contribution in [1.82, 2.24) is 4.90 Å². The number of nitrogens with zero attached hydrogens (tertiary/aromatic N) is 1. The van der Waals surface area contributed by atoms with Gasteiger partial charge in [-0.1, -0.05) is 24.0 Å². The molecule has 0 aliphatic carbocycles. The second-order valence-corrected chi connectivity index (χ2v) is 5.45. The maximum absolute atomic E-state index is 11.3. The van der Waals surface area contributed by atoms with E-state index in [0.717, 1.165) is 6.42 Å². The third-order valence-electron chi connectivity index (χ3n) is 1.82. The lowest BCUT2D eigenvalue weighted by atomic mass is 10.0. The van der Waals surface area contributed by atoms with E-state index in [1.54, 1.807) is 4.90 Å². The van der Waals surface area contributed by atoms with Gasteiger partial charge in [-0.25, -0.2) is 0 Å². The first-order valence-electron chi connectivity index (χ1n) is 4.16. The van der Waals surface area contributed by atoms with Crippen LogP contribution in [0.4, 0.5) is 0 Å². The van der Waals surface area contributed by atoms with Gasteiger partial charge in [0.05, 0.1) is 5.75 Å². The van der Waals surface area contributed by atoms with Crippen LogP contribution in [0.1, 0.15) is 20.3 Å². The number of carbonyl (C=O) groups is 1. The molecule has 0 saturated carbocycles. The molecule has 1 amide bonds. The molecule has 0 atom stereocenters. The minimum absolute atomic E-state index is 0.110. The highest BCUT2D eigenvalue weighted by Gasteiger charge is 2.27. The lowest BCUT2D eigenvalue weighted by Gasteiger charge is -2.22. The molecule has 1 fully saturated rings. The Morgan fingerprint density at radius 1 is 1.69 bits per heavy atom. The van der Waals surface area contributed by atoms with E-state index in [1.807, 2.05) is 13.8 Å². The molecule has 0 aromatic rings. The van der Waals surface area contributed by atoms with E-state index in [2.05, 4.69) is 0 Å². The van der Waals surface area contributed by atoms with Crippen LogP contribution in [0.2, 0.25) is 0 Å². The Bertz CT molecular complexity index is 219. The van der Waals surface area contributed by atoms with Crippen molar-refractivity contribution in [1.29, 1.82) is 0 Å². The van der Waals surface area contributed by atoms with Gasteiger partial charge in [-0.3, -0.25) is 9.69 Å². The van der Waals surface area contributed by atoms with Gasteiger partial charge in [-0.2, -0.15) is 0 Å². The summed E-state index contributed by atoms with van der Waals surface area (Å²) in [7, 11) is 0. The average molecular weight is 218 g/mol. The molecular weight excluding hydrogens is 204 g/mol. The Balaban J connectivity index is 2.45. The number of thiocarbonyl (C=S) groups is 1. The number of nitrogens with two attached hydrogens (primary N) is 1. The molecule has 74 valence electrons. The predicted molar refractivity (Wildman–Crippen MR) is 59.7 cm³/mol. The maximum atomic E-state index is 11.3. The van der Waals surface area contributed by atoms with Gasteiger partial charge in [0.25, 0.3) is 0 Å². The summed E-state index contributed by atoms with van der Waals surface area (Å²) in [5.74, 6) is 0.600. The van der Waals surface area contributed by atoms with Crippen molar-refractivity contribution >= 4 is 34.2 Å². The summed E-state index contributed by atoms with van der Waals surface area (Å²) in [5.41, 5.74) is 5.58. The molecule has 0 unspecified atom stereocenters. The summed E-state index contributed by atoms with van der Waals surface area (Å²) in [5, 5.41) is 0. The first-order valence-corrected chi connectivity index (χ1v) is 5.55. The third-order valence-corrected chi connectivity index (χ3v) is 3.25. The van der Waals surface area contributed by atoms with E-state index in [-0.39, 0.29) is 11.4 Å². The SMILES string of the molecule is CC(C)(N)CCN1C(=O)CSC1=S. The molecule has 1 rings (SSSR count). The van der Waals surface area contributed by atoms with E-state index >= 15 is 0 Å². The van der Waals surface area contributed by atoms with Gasteiger partial charge in [0.2, 0.25) is 5.91 Å². The fourth-order valence-electron chi connectivity index (χ4n) is 0.997. The Morgan fingerprint density at radius 3 is 2.69 bits per heavy atom. The Labute approximate surface area is 88.0 Å². The van der Waals surface area contributed by atoms with E-state index in [9.17, 15) is 4.79 Å². The van der Waals surface area contributed by atoms with E-state index < -0.39 is 0 Å². The molecule has 0 radical (unpaired) electrons. The summed E-state index contributed by atoms with van der Waals surface area (Å²) in [4.78, 5) is 12.9. The molecule has 0 aromatic carbocycles. The molecule has 13 heavy (non-hydrogen) atoms. The number of rotatable bonds is 3. The Kier molecular flexibility index (Phi) is 3.32. The third kappa shape index (κ3) is 3.25. The van der Waals surface area contributed by atoms with Gasteiger partial charge in [0.15, 0.2) is 0 Å². The molecular formula is C8H14N2OS2. The van der Waals surface area contributed by atoms with Crippen LogP contribution in [0, 0.1) is 0 Å². The molecule has 1 aliphatic rings. The summed E-state index contributed by atoms with van der Waals surface area (Å²) in [6, 6.07) is 0. The molecule has 1 aliphatic heterocycles. The van der Waals surface area contributed by atoms with Crippen molar-refractivity contribution in [3.05, 3.63) is 0 Å². The normalized spacial score (nSPS) is 18.5. The molecule has 3 nitrogen and oxygen atoms in total. The number of carbonyl (C=O) groups excluding carboxylic acids is 1. The zero-order chi connectivity index (χ0) is 10.1. The minimum Gasteiger partial charge on any atom is -0.325 e. The molecule has 0 bridgehead atoms. The minimum atomic E-state index is -0.233. The molecule has 1 saturated heterocycles. The van der Waals surface area contributed by atoms with Crippen molar-refractivity contribution in [3.8, 4) is 0 Å². The van der Waals surface area contributed by atoms with Crippen molar-refractivity contribution < 1.29 is 4.79 Å². The number of hydrogen-bond acceptors (Lipinski definition) is 4. The summed E-state index contributed by atoms with van der Waals surface area (Å²) in [6.07, 6.45) is 0.777. The van der Waals surface area contributed by atoms with Gasteiger partial charge in [0, 0.05) is 12.1 Å². The summed E-state index contributed by atoms with van der Waals surface area (Å²) in [6.45, 7) is 4.54. The molecule has 0 spiro atoms. The van der Waals surface area contributed by atoms with Crippen LogP contribution in [0.3, 0.4) is 0 Å². The fourth-order valence-corrected chi connectivity index (χ4v) is 2.12. The lowest BCUT2D eigenvalue weighted by molar-refractivity contribution is -0.124. The first kappa shape index (κ1) is 10.9. The van der Waals surface area contributed by atoms with Gasteiger partial charge in [0.1, 0.15) is 4.32 Å². The van der Waals surface area contributed by atoms with Gasteiger partial charge < -0.3 is 5.73 Å². The number of amides is 1. The molecule has 5 heteroatoms. The van der Waals surface area contributed by atoms with E-state index in [0.29, 0.717) is 16.6 Å². The smallest absolute Gasteiger partial charge is 0.238 e. The Hall–Kier alpha value is -0.130. The monoisotopic (exact) mass is 218 g/mol. The highest BCUT2D eigenvalue weighted by atomic mass is 32.2. The zero-order valence-corrected chi connectivity index (χ0v) is 9.50. The topological polar surface area (TPSA) is 46.3 Å². The number of thioether (sulfide) groups is 1. The van der Waals surface area contributed by atoms with Gasteiger partial charge >= 0.3 is 0 Å². The van der Waals surface area contributed by atoms with Gasteiger partial charge in [-0.05, 0) is 20.3 Å². The van der Waals surface area contributed by atoms with Crippen LogP contribution in [0.5, 0.6) is 0 Å². The molecule has 2 N–H and O–H groups in total. The van der Waals surface area contributed by atoms with Crippen molar-refractivity contribution in [2.24, 2.45) is 5.73 Å². The van der Waals surface area contributed by atoms with E-state index in [1.165, 1.54) is 11.8 Å². The zero-order valence-electron chi connectivity index (χ0n) is 7.87. The van der Waals surface area contributed by atoms with Crippen LogP contribution in [0.25, 0.3) is 0 Å². The predicted octanol–water partition coefficient (Wildman–Crippen LogP) is 0.974. The summed E-state index contributed by atoms with van der Waals surface area (Å²) >= 11 is 6.46. The Morgan fingerprint density at radius 2 is 2.31 bits per heavy atom. The van der Waals surface area contributed by atoms with Crippen LogP contribution in [0.15, 0.2) is 0 Å². The average Bonchev–Trinajstić information content (AvgIpc) is 2.27. The highest BCUT2D eigenvalue weighted by Crippen LogP contribution is 2.20. The molecule has 0 aromatic heterocycles. The van der Waals surface area contributed by atoms with E-state index in [4.69, 9.17) is 18.0 Å². The van der Waals surface area contributed by atoms with Crippen molar-refractivity contribution in [2.75, 3.05) is 12.3 Å². The van der Waals surface area contributed by atoms with Crippen LogP contribution in [-0.4, -0.2) is 33.0 Å². The quantitative estimate of drug-likeness (QED) is 0.717. The van der Waals surface area contributed by atoms with Crippen LogP contribution in [-0.2, 0) is 4.79 Å². The first-order chi connectivity index (χ1) is 5.90. The number of hydrogen-bond donors (Lipinski definition) is 1. The fraction of sp³-hybridized carbons (Fsp3) is 0.750. The highest BCUT2D eigenvalue weighted by molar-refractivity contribution is 8.23. The maximum Gasteiger partial charge on any atom is 0.238 e. The second-order valence-electron chi connectivity index (χ2n) is 3.84. The van der Waals surface area contributed by atoms with Crippen LogP contribution >= 0.6 is 24.0 Å². The van der Waals surface area contributed by atoms with Crippen molar-refractivity contribution in [3.63, 3.8) is 0 Å². The largest absolute Gasteiger partial charge is 0.325 e. The molecule has 1 heterocycles. The lowest BCUT2D eigenvalue weighted by Crippen LogP contribution is -2.39.